The van der Waals surface area contributed by atoms with Gasteiger partial charge in [0.2, 0.25) is 11.8 Å². The summed E-state index contributed by atoms with van der Waals surface area (Å²) in [5.74, 6) is -0.468. The van der Waals surface area contributed by atoms with E-state index in [9.17, 15) is 9.59 Å². The van der Waals surface area contributed by atoms with Gasteiger partial charge in [-0.3, -0.25) is 9.59 Å². The first-order valence-corrected chi connectivity index (χ1v) is 5.87. The van der Waals surface area contributed by atoms with Crippen LogP contribution in [0.15, 0.2) is 41.4 Å². The number of nitrogens with zero attached hydrogens (tertiary/aromatic N) is 8. The maximum atomic E-state index is 11.4. The predicted octanol–water partition coefficient (Wildman–Crippen LogP) is 0.317. The van der Waals surface area contributed by atoms with Crippen LogP contribution in [0, 0.1) is 0 Å². The first-order valence-electron chi connectivity index (χ1n) is 5.87. The van der Waals surface area contributed by atoms with Gasteiger partial charge < -0.3 is 10.6 Å². The Morgan fingerprint density at radius 3 is 1.40 bits per heavy atom. The monoisotopic (exact) mass is 280 g/mol. The van der Waals surface area contributed by atoms with E-state index in [1.54, 1.807) is 0 Å². The molecule has 0 saturated carbocycles. The van der Waals surface area contributed by atoms with Crippen molar-refractivity contribution in [3.8, 4) is 0 Å². The lowest BCUT2D eigenvalue weighted by Crippen LogP contribution is -2.36. The quantitative estimate of drug-likeness (QED) is 0.643. The summed E-state index contributed by atoms with van der Waals surface area (Å²) in [6.45, 7) is 0.610. The molecule has 12 heteroatoms. The SMILES string of the molecule is O=C(CC1N=NN=N1)NCCNC(=O)CC1N=NN=N1. The number of rotatable bonds is 7. The van der Waals surface area contributed by atoms with Gasteiger partial charge in [0, 0.05) is 13.1 Å². The Morgan fingerprint density at radius 2 is 1.05 bits per heavy atom. The molecule has 0 bridgehead atoms. The third-order valence-corrected chi connectivity index (χ3v) is 2.32. The number of carbonyl (C=O) groups excluding carboxylic acids is 2. The summed E-state index contributed by atoms with van der Waals surface area (Å²) in [6.07, 6.45) is -0.904. The molecule has 106 valence electrons. The van der Waals surface area contributed by atoms with E-state index < -0.39 is 12.3 Å². The molecule has 0 aromatic heterocycles. The first-order chi connectivity index (χ1) is 9.74. The minimum absolute atomic E-state index is 0.0871. The third-order valence-electron chi connectivity index (χ3n) is 2.32. The van der Waals surface area contributed by atoms with Crippen molar-refractivity contribution in [3.05, 3.63) is 0 Å². The molecule has 2 aliphatic heterocycles. The van der Waals surface area contributed by atoms with Gasteiger partial charge in [-0.2, -0.15) is 0 Å². The van der Waals surface area contributed by atoms with Crippen LogP contribution in [-0.2, 0) is 9.59 Å². The summed E-state index contributed by atoms with van der Waals surface area (Å²) in [6, 6.07) is 0. The van der Waals surface area contributed by atoms with Crippen LogP contribution >= 0.6 is 0 Å². The molecule has 12 nitrogen and oxygen atoms in total. The second-order valence-corrected chi connectivity index (χ2v) is 3.89. The highest BCUT2D eigenvalue weighted by Gasteiger charge is 2.16. The van der Waals surface area contributed by atoms with E-state index in [4.69, 9.17) is 0 Å². The molecule has 0 aromatic carbocycles. The summed E-state index contributed by atoms with van der Waals surface area (Å²) in [4.78, 5) is 22.9. The van der Waals surface area contributed by atoms with Crippen LogP contribution in [-0.4, -0.2) is 37.2 Å². The zero-order valence-corrected chi connectivity index (χ0v) is 10.4. The molecule has 2 N–H and O–H groups in total. The second kappa shape index (κ2) is 7.06. The van der Waals surface area contributed by atoms with E-state index in [1.165, 1.54) is 0 Å². The summed E-state index contributed by atoms with van der Waals surface area (Å²) >= 11 is 0. The van der Waals surface area contributed by atoms with Gasteiger partial charge in [0.15, 0.2) is 12.3 Å². The van der Waals surface area contributed by atoms with Crippen LogP contribution in [0.4, 0.5) is 0 Å². The van der Waals surface area contributed by atoms with Crippen molar-refractivity contribution in [2.75, 3.05) is 13.1 Å². The standard InChI is InChI=1S/C8H12N10O2/c19-7(3-5-11-15-16-12-5)9-1-2-10-8(20)4-6-13-17-18-14-6/h5-6H,1-4H2,(H,9,19)(H,10,20). The summed E-state index contributed by atoms with van der Waals surface area (Å²) in [7, 11) is 0. The van der Waals surface area contributed by atoms with E-state index in [2.05, 4.69) is 52.0 Å². The highest BCUT2D eigenvalue weighted by Crippen LogP contribution is 2.08. The second-order valence-electron chi connectivity index (χ2n) is 3.89. The molecule has 0 saturated heterocycles. The normalized spacial score (nSPS) is 17.0. The van der Waals surface area contributed by atoms with E-state index in [1.807, 2.05) is 0 Å². The summed E-state index contributed by atoms with van der Waals surface area (Å²) in [5, 5.41) is 32.9. The van der Waals surface area contributed by atoms with Crippen molar-refractivity contribution in [2.24, 2.45) is 41.4 Å². The average molecular weight is 280 g/mol. The lowest BCUT2D eigenvalue weighted by Gasteiger charge is -2.07. The lowest BCUT2D eigenvalue weighted by atomic mass is 10.3. The number of amides is 2. The van der Waals surface area contributed by atoms with E-state index in [-0.39, 0.29) is 24.7 Å². The van der Waals surface area contributed by atoms with Crippen LogP contribution in [0.2, 0.25) is 0 Å². The minimum Gasteiger partial charge on any atom is -0.354 e. The Labute approximate surface area is 112 Å². The molecule has 0 radical (unpaired) electrons. The fourth-order valence-electron chi connectivity index (χ4n) is 1.42. The fourth-order valence-corrected chi connectivity index (χ4v) is 1.42. The lowest BCUT2D eigenvalue weighted by molar-refractivity contribution is -0.123. The minimum atomic E-state index is -0.539. The fraction of sp³-hybridized carbons (Fsp3) is 0.750. The van der Waals surface area contributed by atoms with Gasteiger partial charge in [-0.15, -0.1) is 20.5 Å². The Kier molecular flexibility index (Phi) is 4.86. The zero-order chi connectivity index (χ0) is 14.2. The maximum Gasteiger partial charge on any atom is 0.224 e. The number of carbonyl (C=O) groups is 2. The predicted molar refractivity (Wildman–Crippen MR) is 62.3 cm³/mol. The molecule has 0 aliphatic carbocycles. The highest BCUT2D eigenvalue weighted by atomic mass is 16.2. The van der Waals surface area contributed by atoms with Gasteiger partial charge in [0.05, 0.1) is 12.8 Å². The molecular formula is C8H12N10O2. The Morgan fingerprint density at radius 1 is 0.700 bits per heavy atom. The van der Waals surface area contributed by atoms with Crippen LogP contribution in [0.25, 0.3) is 0 Å². The smallest absolute Gasteiger partial charge is 0.224 e. The van der Waals surface area contributed by atoms with Gasteiger partial charge >= 0.3 is 0 Å². The van der Waals surface area contributed by atoms with Gasteiger partial charge in [-0.05, 0) is 20.9 Å². The van der Waals surface area contributed by atoms with E-state index in [0.29, 0.717) is 13.1 Å². The topological polar surface area (TPSA) is 157 Å². The first kappa shape index (κ1) is 13.8. The van der Waals surface area contributed by atoms with Crippen molar-refractivity contribution in [1.29, 1.82) is 0 Å². The number of nitrogens with one attached hydrogen (secondary N) is 2. The van der Waals surface area contributed by atoms with E-state index in [0.717, 1.165) is 0 Å². The molecule has 0 atom stereocenters. The van der Waals surface area contributed by atoms with Gasteiger partial charge in [-0.25, -0.2) is 0 Å². The molecule has 0 unspecified atom stereocenters. The van der Waals surface area contributed by atoms with Gasteiger partial charge in [0.25, 0.3) is 0 Å². The van der Waals surface area contributed by atoms with Crippen molar-refractivity contribution >= 4 is 11.8 Å². The van der Waals surface area contributed by atoms with E-state index >= 15 is 0 Å². The molecule has 0 fully saturated rings. The van der Waals surface area contributed by atoms with Crippen molar-refractivity contribution in [3.63, 3.8) is 0 Å². The number of hydrogen-bond acceptors (Lipinski definition) is 10. The van der Waals surface area contributed by atoms with Gasteiger partial charge in [-0.1, -0.05) is 0 Å². The Balaban J connectivity index is 1.52. The maximum absolute atomic E-state index is 11.4. The van der Waals surface area contributed by atoms with Crippen LogP contribution < -0.4 is 10.6 Å². The molecule has 2 heterocycles. The van der Waals surface area contributed by atoms with Crippen molar-refractivity contribution < 1.29 is 9.59 Å². The zero-order valence-electron chi connectivity index (χ0n) is 10.4. The van der Waals surface area contributed by atoms with Crippen molar-refractivity contribution in [2.45, 2.75) is 25.2 Å². The third kappa shape index (κ3) is 4.55. The van der Waals surface area contributed by atoms with Crippen molar-refractivity contribution in [1.82, 2.24) is 10.6 Å². The molecule has 2 rings (SSSR count). The highest BCUT2D eigenvalue weighted by molar-refractivity contribution is 5.77. The molecule has 20 heavy (non-hydrogen) atoms. The molecule has 2 amide bonds. The molecule has 2 aliphatic rings. The molecule has 0 spiro atoms. The molecule has 0 aromatic rings. The van der Waals surface area contributed by atoms with Crippen LogP contribution in [0.5, 0.6) is 0 Å². The summed E-state index contributed by atoms with van der Waals surface area (Å²) < 4.78 is 0. The van der Waals surface area contributed by atoms with Crippen LogP contribution in [0.3, 0.4) is 0 Å². The molecular weight excluding hydrogens is 268 g/mol. The average Bonchev–Trinajstić information content (AvgIpc) is 3.08. The van der Waals surface area contributed by atoms with Gasteiger partial charge in [0.1, 0.15) is 0 Å². The largest absolute Gasteiger partial charge is 0.354 e. The summed E-state index contributed by atoms with van der Waals surface area (Å²) in [5.41, 5.74) is 0. The Bertz CT molecular complexity index is 416. The number of hydrogen-bond donors (Lipinski definition) is 2. The Hall–Kier alpha value is -2.66. The van der Waals surface area contributed by atoms with Crippen LogP contribution in [0.1, 0.15) is 12.8 Å².